The van der Waals surface area contributed by atoms with Crippen LogP contribution >= 0.6 is 34.7 Å². The number of aromatic hydroxyl groups is 2. The molecule has 2 aromatic rings. The van der Waals surface area contributed by atoms with Gasteiger partial charge in [-0.15, -0.1) is 23.1 Å². The number of anilines is 1. The standard InChI is InChI=1S/C30H34ClN7O10S2.C2HF3O2/c1-30(2,28(46)47)48-36-19(16-13-50-29(32)34-16)24(42)35-20-25(43)37-21(27(44)45)14(12-49-26(20)37)11-38(8-3-4-9-38)10-7-33-23(41)15-5-6-17(39)22(40)18(15)31;3-2(4,5)1(6)7/h5-6,13,20,26H,3-4,7-12H2,1-2H3,(H7-,32,33,34,35,36,39,40,41,42,44,45,46,47);(H,6,7)/t20-,26-;/m1./s1. The molecule has 2 fully saturated rings. The Balaban J connectivity index is 0.000000940. The first kappa shape index (κ1) is 44.4. The number of carboxylic acid groups (broad SMARTS) is 3. The number of thiazole rings is 1. The Morgan fingerprint density at radius 1 is 1.14 bits per heavy atom. The number of halogens is 4. The number of carboxylic acids is 3. The second-order valence-electron chi connectivity index (χ2n) is 13.2. The van der Waals surface area contributed by atoms with Crippen molar-refractivity contribution in [2.75, 3.05) is 44.2 Å². The normalized spacial score (nSPS) is 19.1. The molecule has 19 nitrogen and oxygen atoms in total. The lowest BCUT2D eigenvalue weighted by Gasteiger charge is -2.51. The smallest absolute Gasteiger partial charge is 0.490 e. The second kappa shape index (κ2) is 17.4. The summed E-state index contributed by atoms with van der Waals surface area (Å²) in [6.07, 6.45) is -3.35. The van der Waals surface area contributed by atoms with E-state index in [9.17, 15) is 57.6 Å². The summed E-state index contributed by atoms with van der Waals surface area (Å²) in [7, 11) is 0. The number of nitrogens with two attached hydrogens (primary N) is 1. The van der Waals surface area contributed by atoms with Crippen molar-refractivity contribution in [2.45, 2.75) is 49.9 Å². The van der Waals surface area contributed by atoms with E-state index in [4.69, 9.17) is 32.1 Å². The summed E-state index contributed by atoms with van der Waals surface area (Å²) in [4.78, 5) is 82.7. The number of thioether (sulfide) groups is 1. The quantitative estimate of drug-likeness (QED) is 0.0473. The maximum Gasteiger partial charge on any atom is 0.490 e. The molecule has 1 aromatic carbocycles. The summed E-state index contributed by atoms with van der Waals surface area (Å²) < 4.78 is 32.2. The second-order valence-corrected chi connectivity index (χ2v) is 15.6. The van der Waals surface area contributed by atoms with Gasteiger partial charge in [-0.2, -0.15) is 13.2 Å². The third kappa shape index (κ3) is 10.2. The number of β-lactam (4-membered cyclic amide) rings is 1. The van der Waals surface area contributed by atoms with Crippen LogP contribution in [0.1, 0.15) is 42.7 Å². The zero-order valence-electron chi connectivity index (χ0n) is 29.8. The number of nitrogens with one attached hydrogen (secondary N) is 2. The molecule has 5 rings (SSSR count). The minimum atomic E-state index is -5.08. The van der Waals surface area contributed by atoms with Crippen LogP contribution in [0.2, 0.25) is 5.02 Å². The van der Waals surface area contributed by atoms with E-state index in [2.05, 4.69) is 20.8 Å². The molecule has 2 atom stereocenters. The Hall–Kier alpha value is -5.33. The third-order valence-electron chi connectivity index (χ3n) is 8.88. The van der Waals surface area contributed by atoms with E-state index in [0.717, 1.165) is 35.1 Å². The van der Waals surface area contributed by atoms with Gasteiger partial charge < -0.3 is 56.0 Å². The highest BCUT2D eigenvalue weighted by Crippen LogP contribution is 2.41. The number of carbonyl (C=O) groups is 6. The average molecular weight is 866 g/mol. The highest BCUT2D eigenvalue weighted by atomic mass is 35.5. The SMILES string of the molecule is CC(C)(O/N=C(\C(=O)N[C@@H]1C(=O)N2C(C(=O)[O-])=C(C[N+]3(CCNC(=O)c4ccc(O)c(O)c4Cl)CCCC3)CS[C@H]12)c1csc(N)n1)C(=O)O.O=C(O)C(F)(F)F. The van der Waals surface area contributed by atoms with Crippen molar-refractivity contribution in [3.8, 4) is 11.5 Å². The number of likely N-dealkylation sites (tertiary alicyclic amines) is 1. The molecule has 3 aliphatic heterocycles. The van der Waals surface area contributed by atoms with Crippen LogP contribution in [0.4, 0.5) is 18.3 Å². The number of carbonyl (C=O) groups excluding carboxylic acids is 4. The molecular weight excluding hydrogens is 831 g/mol. The molecule has 57 heavy (non-hydrogen) atoms. The molecule has 1 aromatic heterocycles. The predicted molar refractivity (Wildman–Crippen MR) is 193 cm³/mol. The Bertz CT molecular complexity index is 2020. The van der Waals surface area contributed by atoms with E-state index < -0.39 is 76.0 Å². The Morgan fingerprint density at radius 3 is 2.32 bits per heavy atom. The van der Waals surface area contributed by atoms with Crippen molar-refractivity contribution in [2.24, 2.45) is 5.16 Å². The topological polar surface area (TPSA) is 294 Å². The lowest BCUT2D eigenvalue weighted by Crippen LogP contribution is -2.72. The number of rotatable bonds is 13. The summed E-state index contributed by atoms with van der Waals surface area (Å²) >= 11 is 8.29. The maximum absolute atomic E-state index is 13.4. The van der Waals surface area contributed by atoms with Crippen LogP contribution in [0, 0.1) is 0 Å². The van der Waals surface area contributed by atoms with Gasteiger partial charge in [-0.1, -0.05) is 16.8 Å². The summed E-state index contributed by atoms with van der Waals surface area (Å²) in [5.74, 6) is -8.65. The van der Waals surface area contributed by atoms with Gasteiger partial charge in [-0.05, 0) is 26.0 Å². The molecule has 4 heterocycles. The highest BCUT2D eigenvalue weighted by Gasteiger charge is 2.54. The van der Waals surface area contributed by atoms with Crippen LogP contribution in [-0.2, 0) is 28.8 Å². The molecule has 0 radical (unpaired) electrons. The number of alkyl halides is 3. The zero-order valence-corrected chi connectivity index (χ0v) is 32.2. The first-order valence-corrected chi connectivity index (χ1v) is 18.8. The van der Waals surface area contributed by atoms with Gasteiger partial charge in [0.2, 0.25) is 5.60 Å². The molecule has 310 valence electrons. The number of fused-ring (bicyclic) bond motifs is 1. The Kier molecular flexibility index (Phi) is 13.6. The minimum Gasteiger partial charge on any atom is -0.543 e. The fourth-order valence-corrected chi connectivity index (χ4v) is 8.03. The van der Waals surface area contributed by atoms with Gasteiger partial charge in [-0.25, -0.2) is 14.6 Å². The lowest BCUT2D eigenvalue weighted by molar-refractivity contribution is -0.911. The number of aromatic nitrogens is 1. The summed E-state index contributed by atoms with van der Waals surface area (Å²) in [6.45, 7) is 4.76. The molecule has 3 aliphatic rings. The molecule has 2 saturated heterocycles. The molecule has 8 N–H and O–H groups in total. The largest absolute Gasteiger partial charge is 0.543 e. The molecule has 0 unspecified atom stereocenters. The first-order valence-electron chi connectivity index (χ1n) is 16.5. The van der Waals surface area contributed by atoms with Gasteiger partial charge in [-0.3, -0.25) is 19.3 Å². The minimum absolute atomic E-state index is 0.0103. The fourth-order valence-electron chi connectivity index (χ4n) is 5.91. The van der Waals surface area contributed by atoms with Crippen LogP contribution in [-0.4, -0.2) is 138 Å². The van der Waals surface area contributed by atoms with E-state index in [1.807, 2.05) is 0 Å². The average Bonchev–Trinajstić information content (AvgIpc) is 3.77. The number of nitrogens with zero attached hydrogens (tertiary/aromatic N) is 4. The van der Waals surface area contributed by atoms with E-state index in [1.165, 1.54) is 37.1 Å². The van der Waals surface area contributed by atoms with Gasteiger partial charge in [0.15, 0.2) is 22.3 Å². The Labute approximate surface area is 333 Å². The fraction of sp³-hybridized carbons (Fsp3) is 0.438. The number of aliphatic carboxylic acids is 3. The summed E-state index contributed by atoms with van der Waals surface area (Å²) in [5.41, 5.74) is 3.67. The molecule has 3 amide bonds. The maximum atomic E-state index is 13.4. The van der Waals surface area contributed by atoms with Crippen molar-refractivity contribution >= 4 is 81.2 Å². The number of amides is 3. The zero-order chi connectivity index (χ0) is 42.6. The lowest BCUT2D eigenvalue weighted by atomic mass is 10.0. The predicted octanol–water partition coefficient (Wildman–Crippen LogP) is 0.452. The van der Waals surface area contributed by atoms with E-state index in [0.29, 0.717) is 29.7 Å². The molecule has 25 heteroatoms. The van der Waals surface area contributed by atoms with Crippen molar-refractivity contribution in [1.29, 1.82) is 0 Å². The van der Waals surface area contributed by atoms with Crippen LogP contribution in [0.5, 0.6) is 11.5 Å². The van der Waals surface area contributed by atoms with Crippen molar-refractivity contribution < 1.29 is 76.8 Å². The number of phenols is 2. The monoisotopic (exact) mass is 865 g/mol. The van der Waals surface area contributed by atoms with Crippen LogP contribution in [0.15, 0.2) is 33.9 Å². The molecular formula is C32H35ClF3N7O12S2. The van der Waals surface area contributed by atoms with Crippen LogP contribution in [0.3, 0.4) is 0 Å². The number of hydrogen-bond acceptors (Lipinski definition) is 15. The molecule has 0 spiro atoms. The number of oxime groups is 1. The van der Waals surface area contributed by atoms with Gasteiger partial charge in [0, 0.05) is 29.5 Å². The van der Waals surface area contributed by atoms with Gasteiger partial charge in [0.05, 0.1) is 48.4 Å². The van der Waals surface area contributed by atoms with Gasteiger partial charge in [0.1, 0.15) is 23.7 Å². The first-order chi connectivity index (χ1) is 26.5. The molecule has 0 bridgehead atoms. The number of nitrogen functional groups attached to an aromatic ring is 1. The van der Waals surface area contributed by atoms with E-state index >= 15 is 0 Å². The van der Waals surface area contributed by atoms with Gasteiger partial charge in [0.25, 0.3) is 17.7 Å². The van der Waals surface area contributed by atoms with Gasteiger partial charge >= 0.3 is 18.1 Å². The van der Waals surface area contributed by atoms with Crippen LogP contribution in [0.25, 0.3) is 0 Å². The number of phenolic OH excluding ortho intramolecular Hbond substituents is 2. The summed E-state index contributed by atoms with van der Waals surface area (Å²) in [6, 6.07) is 1.30. The van der Waals surface area contributed by atoms with Crippen LogP contribution < -0.4 is 21.5 Å². The van der Waals surface area contributed by atoms with Crippen molar-refractivity contribution in [3.63, 3.8) is 0 Å². The molecule has 0 aliphatic carbocycles. The Morgan fingerprint density at radius 2 is 1.77 bits per heavy atom. The van der Waals surface area contributed by atoms with E-state index in [-0.39, 0.29) is 46.0 Å². The van der Waals surface area contributed by atoms with Crippen molar-refractivity contribution in [3.05, 3.63) is 45.1 Å². The number of quaternary nitrogens is 1. The number of hydrogen-bond donors (Lipinski definition) is 7. The van der Waals surface area contributed by atoms with E-state index in [1.54, 1.807) is 0 Å². The number of benzene rings is 1. The molecule has 0 saturated carbocycles. The van der Waals surface area contributed by atoms with Crippen molar-refractivity contribution in [1.82, 2.24) is 20.5 Å². The highest BCUT2D eigenvalue weighted by molar-refractivity contribution is 8.00. The third-order valence-corrected chi connectivity index (χ3v) is 11.3. The summed E-state index contributed by atoms with van der Waals surface area (Å²) in [5, 5.41) is 58.0.